The third kappa shape index (κ3) is 2.17. The molecule has 1 heterocycles. The molecule has 0 aromatic rings. The number of hydrogen-bond donors (Lipinski definition) is 0. The third-order valence-electron chi connectivity index (χ3n) is 4.93. The van der Waals surface area contributed by atoms with Crippen LogP contribution < -0.4 is 5.11 Å². The SMILES string of the molecule is O=C([O-])[C@@H]1[C@@H](C(=O)N2CCCCCC2)[C@H]2C=C[C@@H]1C2. The summed E-state index contributed by atoms with van der Waals surface area (Å²) in [4.78, 5) is 25.9. The van der Waals surface area contributed by atoms with Crippen molar-refractivity contribution < 1.29 is 14.7 Å². The minimum absolute atomic E-state index is 0.0101. The van der Waals surface area contributed by atoms with Gasteiger partial charge in [0.15, 0.2) is 0 Å². The molecule has 4 heteroatoms. The molecule has 19 heavy (non-hydrogen) atoms. The molecule has 3 rings (SSSR count). The van der Waals surface area contributed by atoms with Crippen LogP contribution in [-0.2, 0) is 9.59 Å². The largest absolute Gasteiger partial charge is 0.550 e. The van der Waals surface area contributed by atoms with Crippen molar-refractivity contribution in [3.05, 3.63) is 12.2 Å². The lowest BCUT2D eigenvalue weighted by atomic mass is 9.82. The minimum Gasteiger partial charge on any atom is -0.550 e. The summed E-state index contributed by atoms with van der Waals surface area (Å²) in [5, 5.41) is 11.3. The van der Waals surface area contributed by atoms with Crippen LogP contribution in [0.1, 0.15) is 32.1 Å². The fourth-order valence-corrected chi connectivity index (χ4v) is 3.98. The normalized spacial score (nSPS) is 37.4. The van der Waals surface area contributed by atoms with Crippen molar-refractivity contribution in [2.75, 3.05) is 13.1 Å². The fraction of sp³-hybridized carbons (Fsp3) is 0.733. The smallest absolute Gasteiger partial charge is 0.226 e. The summed E-state index contributed by atoms with van der Waals surface area (Å²) < 4.78 is 0. The Bertz CT molecular complexity index is 410. The predicted molar refractivity (Wildman–Crippen MR) is 67.8 cm³/mol. The number of carboxylic acid groups (broad SMARTS) is 1. The van der Waals surface area contributed by atoms with Gasteiger partial charge in [-0.15, -0.1) is 0 Å². The monoisotopic (exact) mass is 262 g/mol. The molecule has 3 aliphatic rings. The molecule has 1 amide bonds. The van der Waals surface area contributed by atoms with Crippen molar-refractivity contribution in [2.24, 2.45) is 23.7 Å². The maximum atomic E-state index is 12.7. The molecular formula is C15H20NO3-. The number of aliphatic carboxylic acids is 1. The van der Waals surface area contributed by atoms with Gasteiger partial charge in [0, 0.05) is 25.0 Å². The lowest BCUT2D eigenvalue weighted by Gasteiger charge is -2.32. The van der Waals surface area contributed by atoms with Crippen LogP contribution in [0.3, 0.4) is 0 Å². The van der Waals surface area contributed by atoms with Crippen molar-refractivity contribution in [1.82, 2.24) is 4.90 Å². The molecule has 1 saturated carbocycles. The van der Waals surface area contributed by atoms with E-state index in [2.05, 4.69) is 0 Å². The number of rotatable bonds is 2. The quantitative estimate of drug-likeness (QED) is 0.684. The highest BCUT2D eigenvalue weighted by molar-refractivity contribution is 5.86. The number of likely N-dealkylation sites (tertiary alicyclic amines) is 1. The van der Waals surface area contributed by atoms with E-state index in [4.69, 9.17) is 0 Å². The Kier molecular flexibility index (Phi) is 3.33. The maximum Gasteiger partial charge on any atom is 0.226 e. The molecule has 4 nitrogen and oxygen atoms in total. The molecule has 0 spiro atoms. The first-order valence-corrected chi connectivity index (χ1v) is 7.36. The Morgan fingerprint density at radius 3 is 2.11 bits per heavy atom. The van der Waals surface area contributed by atoms with Gasteiger partial charge in [-0.25, -0.2) is 0 Å². The van der Waals surface area contributed by atoms with Gasteiger partial charge in [0.05, 0.1) is 5.92 Å². The van der Waals surface area contributed by atoms with Gasteiger partial charge < -0.3 is 14.8 Å². The second-order valence-electron chi connectivity index (χ2n) is 6.06. The Labute approximate surface area is 113 Å². The first kappa shape index (κ1) is 12.7. The zero-order valence-electron chi connectivity index (χ0n) is 11.1. The van der Waals surface area contributed by atoms with Crippen LogP contribution in [0.5, 0.6) is 0 Å². The van der Waals surface area contributed by atoms with E-state index in [-0.39, 0.29) is 23.7 Å². The van der Waals surface area contributed by atoms with Gasteiger partial charge in [-0.3, -0.25) is 4.79 Å². The van der Waals surface area contributed by atoms with Crippen LogP contribution >= 0.6 is 0 Å². The number of fused-ring (bicyclic) bond motifs is 2. The molecule has 1 aliphatic heterocycles. The molecule has 4 atom stereocenters. The van der Waals surface area contributed by atoms with Crippen LogP contribution in [0.15, 0.2) is 12.2 Å². The topological polar surface area (TPSA) is 60.4 Å². The van der Waals surface area contributed by atoms with E-state index in [1.165, 1.54) is 12.8 Å². The summed E-state index contributed by atoms with van der Waals surface area (Å²) in [5.41, 5.74) is 0. The van der Waals surface area contributed by atoms with Crippen LogP contribution in [0.4, 0.5) is 0 Å². The lowest BCUT2D eigenvalue weighted by molar-refractivity contribution is -0.313. The van der Waals surface area contributed by atoms with Gasteiger partial charge in [-0.05, 0) is 31.1 Å². The Hall–Kier alpha value is -1.32. The van der Waals surface area contributed by atoms with E-state index in [0.717, 1.165) is 32.4 Å². The first-order valence-electron chi connectivity index (χ1n) is 7.36. The molecule has 2 bridgehead atoms. The number of allylic oxidation sites excluding steroid dienone is 2. The van der Waals surface area contributed by atoms with E-state index >= 15 is 0 Å². The van der Waals surface area contributed by atoms with Gasteiger partial charge in [0.1, 0.15) is 0 Å². The standard InChI is InChI=1S/C15H21NO3/c17-14(16-7-3-1-2-4-8-16)12-10-5-6-11(9-10)13(12)15(18)19/h5-6,10-13H,1-4,7-9H2,(H,18,19)/p-1/t10-,11+,12-,13-/m0/s1. The summed E-state index contributed by atoms with van der Waals surface area (Å²) in [6.45, 7) is 1.58. The maximum absolute atomic E-state index is 12.7. The number of hydrogen-bond acceptors (Lipinski definition) is 3. The number of nitrogens with zero attached hydrogens (tertiary/aromatic N) is 1. The van der Waals surface area contributed by atoms with Gasteiger partial charge in [0.2, 0.25) is 5.91 Å². The predicted octanol–water partition coefficient (Wildman–Crippen LogP) is 0.577. The second-order valence-corrected chi connectivity index (χ2v) is 6.06. The van der Waals surface area contributed by atoms with E-state index < -0.39 is 11.9 Å². The van der Waals surface area contributed by atoms with Crippen molar-refractivity contribution >= 4 is 11.9 Å². The highest BCUT2D eigenvalue weighted by Gasteiger charge is 2.49. The second kappa shape index (κ2) is 4.99. The number of carboxylic acids is 1. The Balaban J connectivity index is 1.78. The fourth-order valence-electron chi connectivity index (χ4n) is 3.98. The summed E-state index contributed by atoms with van der Waals surface area (Å²) in [6, 6.07) is 0. The summed E-state index contributed by atoms with van der Waals surface area (Å²) in [5.74, 6) is -1.86. The zero-order chi connectivity index (χ0) is 13.4. The van der Waals surface area contributed by atoms with Crippen LogP contribution in [-0.4, -0.2) is 29.9 Å². The Morgan fingerprint density at radius 1 is 0.947 bits per heavy atom. The molecule has 104 valence electrons. The van der Waals surface area contributed by atoms with Gasteiger partial charge in [-0.2, -0.15) is 0 Å². The molecule has 2 fully saturated rings. The highest BCUT2D eigenvalue weighted by Crippen LogP contribution is 2.48. The van der Waals surface area contributed by atoms with E-state index in [0.29, 0.717) is 0 Å². The third-order valence-corrected chi connectivity index (χ3v) is 4.93. The molecule has 0 radical (unpaired) electrons. The molecule has 0 N–H and O–H groups in total. The highest BCUT2D eigenvalue weighted by atomic mass is 16.4. The summed E-state index contributed by atoms with van der Waals surface area (Å²) >= 11 is 0. The van der Waals surface area contributed by atoms with Crippen molar-refractivity contribution in [3.8, 4) is 0 Å². The van der Waals surface area contributed by atoms with Crippen molar-refractivity contribution in [2.45, 2.75) is 32.1 Å². The average molecular weight is 262 g/mol. The molecule has 0 unspecified atom stereocenters. The zero-order valence-corrected chi connectivity index (χ0v) is 11.1. The molecular weight excluding hydrogens is 242 g/mol. The molecule has 1 saturated heterocycles. The number of amides is 1. The van der Waals surface area contributed by atoms with E-state index in [1.807, 2.05) is 17.1 Å². The van der Waals surface area contributed by atoms with E-state index in [9.17, 15) is 14.7 Å². The van der Waals surface area contributed by atoms with Crippen molar-refractivity contribution in [1.29, 1.82) is 0 Å². The van der Waals surface area contributed by atoms with Crippen LogP contribution in [0, 0.1) is 23.7 Å². The van der Waals surface area contributed by atoms with E-state index in [1.54, 1.807) is 0 Å². The molecule has 2 aliphatic carbocycles. The summed E-state index contributed by atoms with van der Waals surface area (Å²) in [7, 11) is 0. The first-order chi connectivity index (χ1) is 9.18. The van der Waals surface area contributed by atoms with Gasteiger partial charge >= 0.3 is 0 Å². The van der Waals surface area contributed by atoms with Gasteiger partial charge in [-0.1, -0.05) is 25.0 Å². The summed E-state index contributed by atoms with van der Waals surface area (Å²) in [6.07, 6.45) is 9.22. The Morgan fingerprint density at radius 2 is 1.53 bits per heavy atom. The van der Waals surface area contributed by atoms with Gasteiger partial charge in [0.25, 0.3) is 0 Å². The van der Waals surface area contributed by atoms with Crippen LogP contribution in [0.25, 0.3) is 0 Å². The van der Waals surface area contributed by atoms with Crippen LogP contribution in [0.2, 0.25) is 0 Å². The minimum atomic E-state index is -1.05. The molecule has 0 aromatic carbocycles. The number of carbonyl (C=O) groups excluding carboxylic acids is 2. The number of carbonyl (C=O) groups is 2. The molecule has 0 aromatic heterocycles. The van der Waals surface area contributed by atoms with Crippen molar-refractivity contribution in [3.63, 3.8) is 0 Å². The lowest BCUT2D eigenvalue weighted by Crippen LogP contribution is -2.46. The average Bonchev–Trinajstić information content (AvgIpc) is 2.89.